The minimum Gasteiger partial charge on any atom is -0.361 e. The van der Waals surface area contributed by atoms with E-state index >= 15 is 0 Å². The SMILES string of the molecule is Cc1nc(C)c(-c2ccnc(N3CCC(NC(=O)CCc4c(C)noc4C)C3)n2)s1. The van der Waals surface area contributed by atoms with Gasteiger partial charge < -0.3 is 14.7 Å². The van der Waals surface area contributed by atoms with Crippen LogP contribution in [0.5, 0.6) is 0 Å². The highest BCUT2D eigenvalue weighted by Crippen LogP contribution is 2.29. The normalized spacial score (nSPS) is 16.3. The molecule has 0 radical (unpaired) electrons. The minimum absolute atomic E-state index is 0.0484. The maximum absolute atomic E-state index is 12.4. The van der Waals surface area contributed by atoms with Crippen molar-refractivity contribution < 1.29 is 9.32 Å². The molecule has 1 aliphatic heterocycles. The van der Waals surface area contributed by atoms with E-state index in [1.54, 1.807) is 17.5 Å². The van der Waals surface area contributed by atoms with Crippen LogP contribution in [-0.2, 0) is 11.2 Å². The number of carbonyl (C=O) groups excluding carboxylic acids is 1. The quantitative estimate of drug-likeness (QED) is 0.647. The molecule has 0 aliphatic carbocycles. The van der Waals surface area contributed by atoms with Gasteiger partial charge in [-0.05, 0) is 46.6 Å². The fraction of sp³-hybridized carbons (Fsp3) is 0.476. The van der Waals surface area contributed by atoms with Crippen LogP contribution in [0.4, 0.5) is 5.95 Å². The van der Waals surface area contributed by atoms with Crippen molar-refractivity contribution in [2.45, 2.75) is 53.0 Å². The molecule has 8 nitrogen and oxygen atoms in total. The third-order valence-electron chi connectivity index (χ3n) is 5.40. The van der Waals surface area contributed by atoms with Crippen molar-refractivity contribution in [3.8, 4) is 10.6 Å². The summed E-state index contributed by atoms with van der Waals surface area (Å²) < 4.78 is 5.17. The second-order valence-electron chi connectivity index (χ2n) is 7.69. The smallest absolute Gasteiger partial charge is 0.225 e. The third kappa shape index (κ3) is 4.35. The Bertz CT molecular complexity index is 1040. The Morgan fingerprint density at radius 2 is 2.10 bits per heavy atom. The fourth-order valence-corrected chi connectivity index (χ4v) is 4.74. The van der Waals surface area contributed by atoms with Crippen molar-refractivity contribution in [3.63, 3.8) is 0 Å². The van der Waals surface area contributed by atoms with E-state index in [9.17, 15) is 4.79 Å². The number of hydrogen-bond acceptors (Lipinski definition) is 8. The summed E-state index contributed by atoms with van der Waals surface area (Å²) >= 11 is 1.65. The molecule has 1 aliphatic rings. The van der Waals surface area contributed by atoms with Crippen molar-refractivity contribution >= 4 is 23.2 Å². The van der Waals surface area contributed by atoms with Crippen molar-refractivity contribution in [2.24, 2.45) is 0 Å². The molecular weight excluding hydrogens is 400 g/mol. The molecule has 0 saturated carbocycles. The Labute approximate surface area is 179 Å². The second-order valence-corrected chi connectivity index (χ2v) is 8.89. The van der Waals surface area contributed by atoms with Gasteiger partial charge in [-0.25, -0.2) is 15.0 Å². The van der Waals surface area contributed by atoms with Crippen molar-refractivity contribution in [1.82, 2.24) is 25.4 Å². The molecule has 9 heteroatoms. The summed E-state index contributed by atoms with van der Waals surface area (Å²) in [7, 11) is 0. The summed E-state index contributed by atoms with van der Waals surface area (Å²) in [5, 5.41) is 8.12. The van der Waals surface area contributed by atoms with Gasteiger partial charge in [-0.3, -0.25) is 4.79 Å². The van der Waals surface area contributed by atoms with Crippen LogP contribution < -0.4 is 10.2 Å². The molecule has 1 saturated heterocycles. The zero-order valence-electron chi connectivity index (χ0n) is 17.7. The molecule has 0 spiro atoms. The van der Waals surface area contributed by atoms with Crippen LogP contribution in [0.2, 0.25) is 0 Å². The van der Waals surface area contributed by atoms with Crippen LogP contribution in [-0.4, -0.2) is 45.1 Å². The standard InChI is InChI=1S/C21H26N6O2S/c1-12-17(14(3)29-26-12)5-6-19(28)24-16-8-10-27(11-16)21-22-9-7-18(25-21)20-13(2)23-15(4)30-20/h7,9,16H,5-6,8,10-11H2,1-4H3,(H,24,28). The summed E-state index contributed by atoms with van der Waals surface area (Å²) in [6.45, 7) is 9.32. The van der Waals surface area contributed by atoms with Gasteiger partial charge in [0.2, 0.25) is 11.9 Å². The zero-order valence-corrected chi connectivity index (χ0v) is 18.5. The molecule has 1 amide bonds. The summed E-state index contributed by atoms with van der Waals surface area (Å²) in [5.74, 6) is 1.54. The van der Waals surface area contributed by atoms with Gasteiger partial charge in [0.1, 0.15) is 5.76 Å². The lowest BCUT2D eigenvalue weighted by atomic mass is 10.1. The van der Waals surface area contributed by atoms with Gasteiger partial charge in [-0.2, -0.15) is 0 Å². The van der Waals surface area contributed by atoms with E-state index < -0.39 is 0 Å². The van der Waals surface area contributed by atoms with Gasteiger partial charge in [0.05, 0.1) is 27.0 Å². The summed E-state index contributed by atoms with van der Waals surface area (Å²) in [4.78, 5) is 29.3. The number of thiazole rings is 1. The van der Waals surface area contributed by atoms with Gasteiger partial charge >= 0.3 is 0 Å². The van der Waals surface area contributed by atoms with E-state index in [-0.39, 0.29) is 11.9 Å². The zero-order chi connectivity index (χ0) is 21.3. The summed E-state index contributed by atoms with van der Waals surface area (Å²) in [5.41, 5.74) is 3.77. The van der Waals surface area contributed by atoms with E-state index in [4.69, 9.17) is 9.51 Å². The maximum atomic E-state index is 12.4. The highest BCUT2D eigenvalue weighted by molar-refractivity contribution is 7.15. The van der Waals surface area contributed by atoms with Crippen LogP contribution in [0.3, 0.4) is 0 Å². The fourth-order valence-electron chi connectivity index (χ4n) is 3.85. The van der Waals surface area contributed by atoms with Gasteiger partial charge in [0.25, 0.3) is 0 Å². The van der Waals surface area contributed by atoms with Gasteiger partial charge in [-0.1, -0.05) is 5.16 Å². The molecule has 4 rings (SSSR count). The number of nitrogens with zero attached hydrogens (tertiary/aromatic N) is 5. The molecular formula is C21H26N6O2S. The number of nitrogens with one attached hydrogen (secondary N) is 1. The van der Waals surface area contributed by atoms with Crippen LogP contribution in [0, 0.1) is 27.7 Å². The van der Waals surface area contributed by atoms with Crippen LogP contribution >= 0.6 is 11.3 Å². The third-order valence-corrected chi connectivity index (χ3v) is 6.49. The minimum atomic E-state index is 0.0484. The van der Waals surface area contributed by atoms with E-state index in [1.165, 1.54) is 0 Å². The first-order chi connectivity index (χ1) is 14.4. The number of amides is 1. The molecule has 158 valence electrons. The number of aromatic nitrogens is 4. The molecule has 1 atom stereocenters. The average Bonchev–Trinajstić information content (AvgIpc) is 3.40. The van der Waals surface area contributed by atoms with Crippen molar-refractivity contribution in [3.05, 3.63) is 40.0 Å². The maximum Gasteiger partial charge on any atom is 0.225 e. The van der Waals surface area contributed by atoms with E-state index in [0.29, 0.717) is 25.3 Å². The number of carbonyl (C=O) groups is 1. The Hall–Kier alpha value is -2.81. The second kappa shape index (κ2) is 8.51. The molecule has 1 unspecified atom stereocenters. The molecule has 0 bridgehead atoms. The van der Waals surface area contributed by atoms with Gasteiger partial charge in [0.15, 0.2) is 0 Å². The van der Waals surface area contributed by atoms with Crippen molar-refractivity contribution in [1.29, 1.82) is 0 Å². The topological polar surface area (TPSA) is 97.0 Å². The number of rotatable bonds is 6. The molecule has 30 heavy (non-hydrogen) atoms. The Morgan fingerprint density at radius 3 is 2.80 bits per heavy atom. The summed E-state index contributed by atoms with van der Waals surface area (Å²) in [6.07, 6.45) is 3.74. The molecule has 0 aromatic carbocycles. The first-order valence-electron chi connectivity index (χ1n) is 10.1. The lowest BCUT2D eigenvalue weighted by Gasteiger charge is -2.17. The first-order valence-corrected chi connectivity index (χ1v) is 11.0. The highest BCUT2D eigenvalue weighted by Gasteiger charge is 2.26. The predicted octanol–water partition coefficient (Wildman–Crippen LogP) is 3.15. The van der Waals surface area contributed by atoms with Crippen LogP contribution in [0.1, 0.15) is 40.6 Å². The molecule has 1 N–H and O–H groups in total. The number of aryl methyl sites for hydroxylation is 4. The van der Waals surface area contributed by atoms with E-state index in [2.05, 4.69) is 25.3 Å². The lowest BCUT2D eigenvalue weighted by Crippen LogP contribution is -2.37. The van der Waals surface area contributed by atoms with Gasteiger partial charge in [0, 0.05) is 37.3 Å². The monoisotopic (exact) mass is 426 g/mol. The molecule has 4 heterocycles. The first kappa shape index (κ1) is 20.5. The van der Waals surface area contributed by atoms with Crippen LogP contribution in [0.15, 0.2) is 16.8 Å². The number of anilines is 1. The molecule has 1 fully saturated rings. The molecule has 3 aromatic rings. The molecule has 3 aromatic heterocycles. The Kier molecular flexibility index (Phi) is 5.80. The van der Waals surface area contributed by atoms with E-state index in [0.717, 1.165) is 51.3 Å². The average molecular weight is 427 g/mol. The largest absolute Gasteiger partial charge is 0.361 e. The Morgan fingerprint density at radius 1 is 1.27 bits per heavy atom. The van der Waals surface area contributed by atoms with Gasteiger partial charge in [-0.15, -0.1) is 11.3 Å². The highest BCUT2D eigenvalue weighted by atomic mass is 32.1. The lowest BCUT2D eigenvalue weighted by molar-refractivity contribution is -0.121. The van der Waals surface area contributed by atoms with Crippen molar-refractivity contribution in [2.75, 3.05) is 18.0 Å². The Balaban J connectivity index is 1.35. The van der Waals surface area contributed by atoms with E-state index in [1.807, 2.05) is 33.8 Å². The van der Waals surface area contributed by atoms with Crippen LogP contribution in [0.25, 0.3) is 10.6 Å². The predicted molar refractivity (Wildman–Crippen MR) is 116 cm³/mol. The summed E-state index contributed by atoms with van der Waals surface area (Å²) in [6, 6.07) is 2.02. The number of hydrogen-bond donors (Lipinski definition) is 1.